The second-order valence-corrected chi connectivity index (χ2v) is 6.45. The van der Waals surface area contributed by atoms with E-state index in [1.54, 1.807) is 0 Å². The van der Waals surface area contributed by atoms with Gasteiger partial charge in [0.1, 0.15) is 5.75 Å². The standard InChI is InChI=1S/C20H26N2O/c1-3-22(12-16-7-5-4-6-8-16)13-17-14-23-19-10-9-15(2)11-18(19)20(17)21/h4-11,17,20H,3,12-14,21H2,1-2H3. The summed E-state index contributed by atoms with van der Waals surface area (Å²) in [5, 5.41) is 0. The van der Waals surface area contributed by atoms with Crippen LogP contribution in [0.4, 0.5) is 0 Å². The van der Waals surface area contributed by atoms with E-state index in [2.05, 4.69) is 61.2 Å². The maximum atomic E-state index is 6.55. The molecular weight excluding hydrogens is 284 g/mol. The van der Waals surface area contributed by atoms with Gasteiger partial charge in [0.2, 0.25) is 0 Å². The highest BCUT2D eigenvalue weighted by Gasteiger charge is 2.29. The van der Waals surface area contributed by atoms with E-state index in [1.165, 1.54) is 11.1 Å². The third-order valence-corrected chi connectivity index (χ3v) is 4.67. The summed E-state index contributed by atoms with van der Waals surface area (Å²) in [6, 6.07) is 16.9. The van der Waals surface area contributed by atoms with Crippen molar-refractivity contribution < 1.29 is 4.74 Å². The molecule has 1 aliphatic heterocycles. The van der Waals surface area contributed by atoms with Gasteiger partial charge in [-0.3, -0.25) is 4.90 Å². The third kappa shape index (κ3) is 3.74. The van der Waals surface area contributed by atoms with Crippen LogP contribution in [-0.2, 0) is 6.54 Å². The van der Waals surface area contributed by atoms with E-state index in [1.807, 2.05) is 6.07 Å². The molecule has 0 radical (unpaired) electrons. The number of fused-ring (bicyclic) bond motifs is 1. The molecular formula is C20H26N2O. The summed E-state index contributed by atoms with van der Waals surface area (Å²) in [6.45, 7) is 7.93. The van der Waals surface area contributed by atoms with Gasteiger partial charge in [-0.1, -0.05) is 55.0 Å². The lowest BCUT2D eigenvalue weighted by Crippen LogP contribution is -2.40. The molecule has 0 bridgehead atoms. The van der Waals surface area contributed by atoms with Crippen molar-refractivity contribution in [2.45, 2.75) is 26.4 Å². The van der Waals surface area contributed by atoms with Crippen molar-refractivity contribution in [2.75, 3.05) is 19.7 Å². The van der Waals surface area contributed by atoms with Crippen molar-refractivity contribution in [3.8, 4) is 5.75 Å². The van der Waals surface area contributed by atoms with Crippen molar-refractivity contribution in [2.24, 2.45) is 11.7 Å². The van der Waals surface area contributed by atoms with Gasteiger partial charge in [-0.25, -0.2) is 0 Å². The van der Waals surface area contributed by atoms with Gasteiger partial charge in [-0.05, 0) is 25.1 Å². The first kappa shape index (κ1) is 16.0. The molecule has 2 N–H and O–H groups in total. The van der Waals surface area contributed by atoms with Crippen LogP contribution in [0.2, 0.25) is 0 Å². The summed E-state index contributed by atoms with van der Waals surface area (Å²) in [4.78, 5) is 2.45. The second-order valence-electron chi connectivity index (χ2n) is 6.45. The summed E-state index contributed by atoms with van der Waals surface area (Å²) in [5.74, 6) is 1.28. The Kier molecular flexibility index (Phi) is 4.99. The Hall–Kier alpha value is -1.84. The highest BCUT2D eigenvalue weighted by atomic mass is 16.5. The Labute approximate surface area is 139 Å². The molecule has 2 atom stereocenters. The average molecular weight is 310 g/mol. The van der Waals surface area contributed by atoms with Crippen molar-refractivity contribution in [3.05, 3.63) is 65.2 Å². The van der Waals surface area contributed by atoms with Crippen LogP contribution < -0.4 is 10.5 Å². The van der Waals surface area contributed by atoms with Crippen molar-refractivity contribution in [1.29, 1.82) is 0 Å². The van der Waals surface area contributed by atoms with Crippen LogP contribution in [0.25, 0.3) is 0 Å². The van der Waals surface area contributed by atoms with Gasteiger partial charge in [0.25, 0.3) is 0 Å². The van der Waals surface area contributed by atoms with E-state index in [4.69, 9.17) is 10.5 Å². The summed E-state index contributed by atoms with van der Waals surface area (Å²) in [7, 11) is 0. The number of nitrogens with zero attached hydrogens (tertiary/aromatic N) is 1. The molecule has 0 amide bonds. The number of hydrogen-bond donors (Lipinski definition) is 1. The summed E-state index contributed by atoms with van der Waals surface area (Å²) in [6.07, 6.45) is 0. The fourth-order valence-corrected chi connectivity index (χ4v) is 3.26. The number of benzene rings is 2. The summed E-state index contributed by atoms with van der Waals surface area (Å²) >= 11 is 0. The molecule has 3 heteroatoms. The minimum absolute atomic E-state index is 0.0449. The number of aryl methyl sites for hydroxylation is 1. The number of rotatable bonds is 5. The van der Waals surface area contributed by atoms with E-state index in [0.29, 0.717) is 12.5 Å². The highest BCUT2D eigenvalue weighted by Crippen LogP contribution is 2.34. The normalized spacial score (nSPS) is 20.2. The van der Waals surface area contributed by atoms with Crippen molar-refractivity contribution >= 4 is 0 Å². The lowest BCUT2D eigenvalue weighted by Gasteiger charge is -2.35. The predicted molar refractivity (Wildman–Crippen MR) is 94.5 cm³/mol. The fourth-order valence-electron chi connectivity index (χ4n) is 3.26. The van der Waals surface area contributed by atoms with Crippen LogP contribution in [0.3, 0.4) is 0 Å². The molecule has 2 aromatic carbocycles. The second kappa shape index (κ2) is 7.16. The molecule has 2 aromatic rings. The zero-order valence-electron chi connectivity index (χ0n) is 14.0. The van der Waals surface area contributed by atoms with Crippen LogP contribution in [0, 0.1) is 12.8 Å². The van der Waals surface area contributed by atoms with Crippen molar-refractivity contribution in [1.82, 2.24) is 4.90 Å². The molecule has 3 rings (SSSR count). The highest BCUT2D eigenvalue weighted by molar-refractivity contribution is 5.40. The Balaban J connectivity index is 1.69. The Morgan fingerprint density at radius 3 is 2.70 bits per heavy atom. The van der Waals surface area contributed by atoms with Gasteiger partial charge >= 0.3 is 0 Å². The first-order chi connectivity index (χ1) is 11.2. The molecule has 2 unspecified atom stereocenters. The quantitative estimate of drug-likeness (QED) is 0.918. The van der Waals surface area contributed by atoms with E-state index < -0.39 is 0 Å². The van der Waals surface area contributed by atoms with Crippen LogP contribution in [-0.4, -0.2) is 24.6 Å². The van der Waals surface area contributed by atoms with Crippen molar-refractivity contribution in [3.63, 3.8) is 0 Å². The third-order valence-electron chi connectivity index (χ3n) is 4.67. The Morgan fingerprint density at radius 2 is 1.96 bits per heavy atom. The molecule has 0 saturated heterocycles. The Morgan fingerprint density at radius 1 is 1.17 bits per heavy atom. The molecule has 1 heterocycles. The average Bonchev–Trinajstić information content (AvgIpc) is 2.58. The first-order valence-corrected chi connectivity index (χ1v) is 8.42. The molecule has 0 fully saturated rings. The van der Waals surface area contributed by atoms with E-state index in [0.717, 1.165) is 30.9 Å². The van der Waals surface area contributed by atoms with Gasteiger partial charge in [0, 0.05) is 30.6 Å². The maximum absolute atomic E-state index is 6.55. The molecule has 3 nitrogen and oxygen atoms in total. The molecule has 0 aromatic heterocycles. The number of hydrogen-bond acceptors (Lipinski definition) is 3. The smallest absolute Gasteiger partial charge is 0.124 e. The lowest BCUT2D eigenvalue weighted by molar-refractivity contribution is 0.138. The fraction of sp³-hybridized carbons (Fsp3) is 0.400. The SMILES string of the molecule is CCN(Cc1ccccc1)CC1COc2ccc(C)cc2C1N. The van der Waals surface area contributed by atoms with Gasteiger partial charge in [-0.15, -0.1) is 0 Å². The summed E-state index contributed by atoms with van der Waals surface area (Å²) in [5.41, 5.74) is 10.3. The number of ether oxygens (including phenoxy) is 1. The van der Waals surface area contributed by atoms with E-state index >= 15 is 0 Å². The van der Waals surface area contributed by atoms with Gasteiger partial charge in [0.05, 0.1) is 6.61 Å². The molecule has 0 spiro atoms. The van der Waals surface area contributed by atoms with E-state index in [-0.39, 0.29) is 6.04 Å². The molecule has 23 heavy (non-hydrogen) atoms. The topological polar surface area (TPSA) is 38.5 Å². The van der Waals surface area contributed by atoms with Crippen LogP contribution in [0.15, 0.2) is 48.5 Å². The predicted octanol–water partition coefficient (Wildman–Crippen LogP) is 3.53. The Bertz CT molecular complexity index is 641. The monoisotopic (exact) mass is 310 g/mol. The maximum Gasteiger partial charge on any atom is 0.124 e. The molecule has 122 valence electrons. The molecule has 1 aliphatic rings. The van der Waals surface area contributed by atoms with Gasteiger partial charge < -0.3 is 10.5 Å². The lowest BCUT2D eigenvalue weighted by atomic mass is 9.90. The largest absolute Gasteiger partial charge is 0.493 e. The van der Waals surface area contributed by atoms with Gasteiger partial charge in [0.15, 0.2) is 0 Å². The van der Waals surface area contributed by atoms with Crippen LogP contribution in [0.1, 0.15) is 29.7 Å². The molecule has 0 saturated carbocycles. The summed E-state index contributed by atoms with van der Waals surface area (Å²) < 4.78 is 5.95. The first-order valence-electron chi connectivity index (χ1n) is 8.42. The minimum atomic E-state index is 0.0449. The van der Waals surface area contributed by atoms with Crippen LogP contribution >= 0.6 is 0 Å². The van der Waals surface area contributed by atoms with Crippen LogP contribution in [0.5, 0.6) is 5.75 Å². The number of nitrogens with two attached hydrogens (primary N) is 1. The minimum Gasteiger partial charge on any atom is -0.493 e. The zero-order chi connectivity index (χ0) is 16.2. The molecule has 0 aliphatic carbocycles. The zero-order valence-corrected chi connectivity index (χ0v) is 14.0. The van der Waals surface area contributed by atoms with E-state index in [9.17, 15) is 0 Å². The van der Waals surface area contributed by atoms with Gasteiger partial charge in [-0.2, -0.15) is 0 Å².